The fourth-order valence-corrected chi connectivity index (χ4v) is 4.28. The molecule has 6 nitrogen and oxygen atoms in total. The first-order valence-electron chi connectivity index (χ1n) is 11.4. The Morgan fingerprint density at radius 2 is 1.94 bits per heavy atom. The number of carbonyl (C=O) groups is 1. The molecule has 0 spiro atoms. The van der Waals surface area contributed by atoms with Crippen molar-refractivity contribution >= 4 is 5.97 Å². The van der Waals surface area contributed by atoms with E-state index in [4.69, 9.17) is 19.0 Å². The Hall–Kier alpha value is -2.80. The number of hydrogen-bond acceptors (Lipinski definition) is 6. The highest BCUT2D eigenvalue weighted by atomic mass is 19.1. The topological polar surface area (TPSA) is 57.2 Å². The first-order chi connectivity index (χ1) is 15.6. The summed E-state index contributed by atoms with van der Waals surface area (Å²) < 4.78 is 30.3. The Balaban J connectivity index is 1.41. The number of piperidine rings is 1. The Kier molecular flexibility index (Phi) is 7.47. The monoisotopic (exact) mass is 443 g/mol. The van der Waals surface area contributed by atoms with Crippen LogP contribution in [0.25, 0.3) is 0 Å². The van der Waals surface area contributed by atoms with E-state index in [1.54, 1.807) is 5.06 Å². The predicted molar refractivity (Wildman–Crippen MR) is 117 cm³/mol. The average Bonchev–Trinajstić information content (AvgIpc) is 3.27. The van der Waals surface area contributed by atoms with E-state index in [0.29, 0.717) is 43.4 Å². The van der Waals surface area contributed by atoms with Gasteiger partial charge in [-0.1, -0.05) is 31.9 Å². The number of halogens is 1. The second-order valence-corrected chi connectivity index (χ2v) is 8.34. The van der Waals surface area contributed by atoms with Gasteiger partial charge >= 0.3 is 5.97 Å². The molecule has 32 heavy (non-hydrogen) atoms. The van der Waals surface area contributed by atoms with Gasteiger partial charge in [0.2, 0.25) is 6.79 Å². The van der Waals surface area contributed by atoms with Crippen molar-refractivity contribution in [1.82, 2.24) is 5.06 Å². The number of carbonyl (C=O) groups excluding carboxylic acids is 1. The summed E-state index contributed by atoms with van der Waals surface area (Å²) in [5, 5.41) is 1.75. The number of nitrogens with zero attached hydrogens (tertiary/aromatic N) is 1. The molecule has 2 heterocycles. The highest BCUT2D eigenvalue weighted by molar-refractivity contribution is 5.68. The van der Waals surface area contributed by atoms with Gasteiger partial charge in [-0.05, 0) is 48.6 Å². The first-order valence-corrected chi connectivity index (χ1v) is 11.4. The SMILES string of the molecule is CCCCCC(=O)ON1CC[C@@H](c2ccc(F)cc2)[C@H](COc2ccc3c(c2)OCO3)C1. The molecule has 2 aliphatic rings. The van der Waals surface area contributed by atoms with Gasteiger partial charge in [-0.25, -0.2) is 4.39 Å². The lowest BCUT2D eigenvalue weighted by molar-refractivity contribution is -0.200. The third-order valence-corrected chi connectivity index (χ3v) is 6.02. The van der Waals surface area contributed by atoms with Gasteiger partial charge in [0, 0.05) is 31.5 Å². The largest absolute Gasteiger partial charge is 0.493 e. The quantitative estimate of drug-likeness (QED) is 0.504. The van der Waals surface area contributed by atoms with Crippen molar-refractivity contribution in [2.24, 2.45) is 5.92 Å². The van der Waals surface area contributed by atoms with Crippen molar-refractivity contribution in [1.29, 1.82) is 0 Å². The van der Waals surface area contributed by atoms with Gasteiger partial charge in [-0.2, -0.15) is 0 Å². The molecule has 0 aliphatic carbocycles. The van der Waals surface area contributed by atoms with Crippen LogP contribution in [0.15, 0.2) is 42.5 Å². The molecular weight excluding hydrogens is 413 g/mol. The number of benzene rings is 2. The zero-order chi connectivity index (χ0) is 22.3. The highest BCUT2D eigenvalue weighted by Crippen LogP contribution is 2.37. The summed E-state index contributed by atoms with van der Waals surface area (Å²) in [6.45, 7) is 3.96. The molecule has 0 saturated carbocycles. The lowest BCUT2D eigenvalue weighted by atomic mass is 9.81. The Bertz CT molecular complexity index is 904. The van der Waals surface area contributed by atoms with E-state index >= 15 is 0 Å². The van der Waals surface area contributed by atoms with Crippen molar-refractivity contribution in [3.63, 3.8) is 0 Å². The molecule has 0 N–H and O–H groups in total. The lowest BCUT2D eigenvalue weighted by Crippen LogP contribution is -2.42. The Morgan fingerprint density at radius 3 is 2.75 bits per heavy atom. The predicted octanol–water partition coefficient (Wildman–Crippen LogP) is 5.08. The Morgan fingerprint density at radius 1 is 1.12 bits per heavy atom. The molecule has 0 amide bonds. The average molecular weight is 444 g/mol. The number of fused-ring (bicyclic) bond motifs is 1. The van der Waals surface area contributed by atoms with E-state index in [1.165, 1.54) is 12.1 Å². The van der Waals surface area contributed by atoms with Crippen LogP contribution < -0.4 is 14.2 Å². The van der Waals surface area contributed by atoms with Gasteiger partial charge in [0.05, 0.1) is 6.61 Å². The van der Waals surface area contributed by atoms with Crippen LogP contribution in [0.3, 0.4) is 0 Å². The van der Waals surface area contributed by atoms with Crippen molar-refractivity contribution in [2.75, 3.05) is 26.5 Å². The molecule has 2 atom stereocenters. The molecule has 2 aromatic rings. The minimum atomic E-state index is -0.250. The molecule has 0 radical (unpaired) electrons. The standard InChI is InChI=1S/C25H30FNO5/c1-2-3-4-5-25(28)32-27-13-12-22(18-6-8-20(26)9-7-18)19(15-27)16-29-21-10-11-23-24(14-21)31-17-30-23/h6-11,14,19,22H,2-5,12-13,15-17H2,1H3/t19-,22-/m0/s1. The van der Waals surface area contributed by atoms with Gasteiger partial charge in [0.25, 0.3) is 0 Å². The van der Waals surface area contributed by atoms with Crippen molar-refractivity contribution in [2.45, 2.75) is 44.9 Å². The van der Waals surface area contributed by atoms with Crippen LogP contribution in [0, 0.1) is 11.7 Å². The maximum absolute atomic E-state index is 13.4. The van der Waals surface area contributed by atoms with Crippen LogP contribution in [0.1, 0.15) is 50.5 Å². The van der Waals surface area contributed by atoms with Crippen LogP contribution >= 0.6 is 0 Å². The van der Waals surface area contributed by atoms with E-state index in [1.807, 2.05) is 30.3 Å². The van der Waals surface area contributed by atoms with E-state index in [0.717, 1.165) is 31.2 Å². The van der Waals surface area contributed by atoms with Gasteiger partial charge in [0.1, 0.15) is 11.6 Å². The fourth-order valence-electron chi connectivity index (χ4n) is 4.28. The van der Waals surface area contributed by atoms with E-state index in [2.05, 4.69) is 6.92 Å². The molecule has 0 unspecified atom stereocenters. The molecule has 2 aromatic carbocycles. The molecular formula is C25H30FNO5. The maximum Gasteiger partial charge on any atom is 0.325 e. The highest BCUT2D eigenvalue weighted by Gasteiger charge is 2.33. The third-order valence-electron chi connectivity index (χ3n) is 6.02. The summed E-state index contributed by atoms with van der Waals surface area (Å²) in [5.74, 6) is 1.89. The van der Waals surface area contributed by atoms with Crippen LogP contribution in [-0.4, -0.2) is 37.5 Å². The Labute approximate surface area is 188 Å². The molecule has 4 rings (SSSR count). The summed E-state index contributed by atoms with van der Waals surface area (Å²) in [6.07, 6.45) is 4.16. The van der Waals surface area contributed by atoms with Gasteiger partial charge < -0.3 is 19.0 Å². The summed E-state index contributed by atoms with van der Waals surface area (Å²) >= 11 is 0. The number of ether oxygens (including phenoxy) is 3. The van der Waals surface area contributed by atoms with Crippen LogP contribution in [0.2, 0.25) is 0 Å². The fraction of sp³-hybridized carbons (Fsp3) is 0.480. The molecule has 2 aliphatic heterocycles. The summed E-state index contributed by atoms with van der Waals surface area (Å²) in [6, 6.07) is 12.2. The zero-order valence-electron chi connectivity index (χ0n) is 18.4. The summed E-state index contributed by atoms with van der Waals surface area (Å²) in [5.41, 5.74) is 1.07. The second-order valence-electron chi connectivity index (χ2n) is 8.34. The van der Waals surface area contributed by atoms with Crippen LogP contribution in [0.5, 0.6) is 17.2 Å². The number of hydrogen-bond donors (Lipinski definition) is 0. The smallest absolute Gasteiger partial charge is 0.325 e. The second kappa shape index (κ2) is 10.7. The molecule has 7 heteroatoms. The minimum absolute atomic E-state index is 0.0723. The van der Waals surface area contributed by atoms with Gasteiger partial charge in [0.15, 0.2) is 11.5 Å². The zero-order valence-corrected chi connectivity index (χ0v) is 18.4. The molecule has 0 bridgehead atoms. The summed E-state index contributed by atoms with van der Waals surface area (Å²) in [7, 11) is 0. The summed E-state index contributed by atoms with van der Waals surface area (Å²) in [4.78, 5) is 17.8. The molecule has 1 fully saturated rings. The molecule has 1 saturated heterocycles. The first kappa shape index (κ1) is 22.4. The van der Waals surface area contributed by atoms with Crippen LogP contribution in [-0.2, 0) is 9.63 Å². The third kappa shape index (κ3) is 5.71. The minimum Gasteiger partial charge on any atom is -0.493 e. The molecule has 0 aromatic heterocycles. The van der Waals surface area contributed by atoms with Crippen molar-refractivity contribution in [3.05, 3.63) is 53.8 Å². The van der Waals surface area contributed by atoms with Gasteiger partial charge in [-0.3, -0.25) is 4.79 Å². The maximum atomic E-state index is 13.4. The normalized spacial score (nSPS) is 20.2. The van der Waals surface area contributed by atoms with Crippen LogP contribution in [0.4, 0.5) is 4.39 Å². The number of hydroxylamine groups is 2. The van der Waals surface area contributed by atoms with E-state index in [-0.39, 0.29) is 30.4 Å². The number of unbranched alkanes of at least 4 members (excludes halogenated alkanes) is 2. The lowest BCUT2D eigenvalue weighted by Gasteiger charge is -2.37. The van der Waals surface area contributed by atoms with E-state index in [9.17, 15) is 9.18 Å². The van der Waals surface area contributed by atoms with Gasteiger partial charge in [-0.15, -0.1) is 5.06 Å². The van der Waals surface area contributed by atoms with Crippen molar-refractivity contribution in [3.8, 4) is 17.2 Å². The van der Waals surface area contributed by atoms with Crippen molar-refractivity contribution < 1.29 is 28.2 Å². The number of rotatable bonds is 9. The van der Waals surface area contributed by atoms with E-state index < -0.39 is 0 Å². The molecule has 172 valence electrons.